The molecule has 0 aromatic heterocycles. The average Bonchev–Trinajstić information content (AvgIpc) is 2.46. The molecule has 0 spiro atoms. The molecular weight excluding hydrogens is 230 g/mol. The van der Waals surface area contributed by atoms with E-state index < -0.39 is 6.10 Å². The molecular formula is C13H15N3O2. The van der Waals surface area contributed by atoms with Gasteiger partial charge in [0.25, 0.3) is 5.91 Å². The molecule has 18 heavy (non-hydrogen) atoms. The molecule has 1 aliphatic rings. The Kier molecular flexibility index (Phi) is 3.92. The van der Waals surface area contributed by atoms with E-state index in [0.29, 0.717) is 31.8 Å². The molecule has 1 heterocycles. The van der Waals surface area contributed by atoms with Crippen molar-refractivity contribution in [1.29, 1.82) is 5.26 Å². The highest BCUT2D eigenvalue weighted by Gasteiger charge is 2.24. The van der Waals surface area contributed by atoms with Crippen LogP contribution in [0.1, 0.15) is 15.9 Å². The Morgan fingerprint density at radius 2 is 2.22 bits per heavy atom. The maximum Gasteiger partial charge on any atom is 0.254 e. The monoisotopic (exact) mass is 245 g/mol. The highest BCUT2D eigenvalue weighted by molar-refractivity contribution is 5.94. The zero-order chi connectivity index (χ0) is 13.0. The van der Waals surface area contributed by atoms with Crippen LogP contribution < -0.4 is 5.73 Å². The van der Waals surface area contributed by atoms with E-state index in [1.165, 1.54) is 0 Å². The second-order valence-electron chi connectivity index (χ2n) is 4.14. The van der Waals surface area contributed by atoms with Crippen molar-refractivity contribution < 1.29 is 9.53 Å². The minimum absolute atomic E-state index is 0.0675. The molecule has 1 aliphatic heterocycles. The van der Waals surface area contributed by atoms with Crippen molar-refractivity contribution in [2.45, 2.75) is 12.6 Å². The van der Waals surface area contributed by atoms with E-state index in [-0.39, 0.29) is 5.91 Å². The summed E-state index contributed by atoms with van der Waals surface area (Å²) in [5.74, 6) is -0.0675. The van der Waals surface area contributed by atoms with Gasteiger partial charge < -0.3 is 15.4 Å². The van der Waals surface area contributed by atoms with Crippen molar-refractivity contribution in [2.24, 2.45) is 5.73 Å². The number of hydrogen-bond acceptors (Lipinski definition) is 4. The number of nitrogens with two attached hydrogens (primary N) is 1. The molecule has 2 rings (SSSR count). The van der Waals surface area contributed by atoms with Crippen LogP contribution in [0, 0.1) is 11.3 Å². The number of ether oxygens (including phenoxy) is 1. The lowest BCUT2D eigenvalue weighted by atomic mass is 10.1. The molecule has 1 atom stereocenters. The van der Waals surface area contributed by atoms with Crippen molar-refractivity contribution in [3.05, 3.63) is 35.4 Å². The van der Waals surface area contributed by atoms with Gasteiger partial charge >= 0.3 is 0 Å². The van der Waals surface area contributed by atoms with Gasteiger partial charge in [-0.05, 0) is 17.7 Å². The fourth-order valence-corrected chi connectivity index (χ4v) is 1.88. The summed E-state index contributed by atoms with van der Waals surface area (Å²) < 4.78 is 5.21. The second kappa shape index (κ2) is 5.63. The molecule has 1 aromatic carbocycles. The summed E-state index contributed by atoms with van der Waals surface area (Å²) in [6.07, 6.45) is -0.522. The Morgan fingerprint density at radius 3 is 2.83 bits per heavy atom. The highest BCUT2D eigenvalue weighted by atomic mass is 16.5. The van der Waals surface area contributed by atoms with Gasteiger partial charge in [0.05, 0.1) is 19.2 Å². The number of hydrogen-bond donors (Lipinski definition) is 1. The minimum Gasteiger partial charge on any atom is -0.360 e. The summed E-state index contributed by atoms with van der Waals surface area (Å²) in [5, 5.41) is 8.80. The zero-order valence-corrected chi connectivity index (χ0v) is 10.0. The molecule has 0 radical (unpaired) electrons. The predicted octanol–water partition coefficient (Wildman–Crippen LogP) is 0.510. The largest absolute Gasteiger partial charge is 0.360 e. The Hall–Kier alpha value is -1.90. The fourth-order valence-electron chi connectivity index (χ4n) is 1.88. The van der Waals surface area contributed by atoms with Crippen LogP contribution in [0.2, 0.25) is 0 Å². The van der Waals surface area contributed by atoms with Crippen LogP contribution in [-0.4, -0.2) is 36.6 Å². The van der Waals surface area contributed by atoms with Crippen LogP contribution in [0.15, 0.2) is 24.3 Å². The van der Waals surface area contributed by atoms with E-state index in [9.17, 15) is 4.79 Å². The van der Waals surface area contributed by atoms with Crippen molar-refractivity contribution in [1.82, 2.24) is 4.90 Å². The molecule has 1 amide bonds. The zero-order valence-electron chi connectivity index (χ0n) is 10.0. The number of morpholine rings is 1. The Balaban J connectivity index is 2.08. The van der Waals surface area contributed by atoms with Gasteiger partial charge in [-0.2, -0.15) is 5.26 Å². The molecule has 94 valence electrons. The second-order valence-corrected chi connectivity index (χ2v) is 4.14. The van der Waals surface area contributed by atoms with E-state index in [4.69, 9.17) is 15.7 Å². The third kappa shape index (κ3) is 2.67. The Labute approximate surface area is 106 Å². The first-order valence-corrected chi connectivity index (χ1v) is 5.84. The Morgan fingerprint density at radius 1 is 1.50 bits per heavy atom. The van der Waals surface area contributed by atoms with Crippen molar-refractivity contribution in [3.8, 4) is 6.07 Å². The lowest BCUT2D eigenvalue weighted by Crippen LogP contribution is -2.45. The summed E-state index contributed by atoms with van der Waals surface area (Å²) in [7, 11) is 0. The first-order valence-electron chi connectivity index (χ1n) is 5.84. The van der Waals surface area contributed by atoms with Gasteiger partial charge in [-0.25, -0.2) is 0 Å². The molecule has 5 nitrogen and oxygen atoms in total. The van der Waals surface area contributed by atoms with Crippen LogP contribution in [0.3, 0.4) is 0 Å². The fraction of sp³-hybridized carbons (Fsp3) is 0.385. The summed E-state index contributed by atoms with van der Waals surface area (Å²) in [4.78, 5) is 13.8. The minimum atomic E-state index is -0.522. The van der Waals surface area contributed by atoms with Crippen LogP contribution in [0.25, 0.3) is 0 Å². The summed E-state index contributed by atoms with van der Waals surface area (Å²) in [5.41, 5.74) is 7.11. The smallest absolute Gasteiger partial charge is 0.254 e. The van der Waals surface area contributed by atoms with Crippen molar-refractivity contribution >= 4 is 5.91 Å². The topological polar surface area (TPSA) is 79.4 Å². The summed E-state index contributed by atoms with van der Waals surface area (Å²) in [6.45, 7) is 1.72. The van der Waals surface area contributed by atoms with Crippen LogP contribution in [0.5, 0.6) is 0 Å². The number of nitriles is 1. The quantitative estimate of drug-likeness (QED) is 0.823. The molecule has 1 fully saturated rings. The van der Waals surface area contributed by atoms with Gasteiger partial charge in [0.15, 0.2) is 6.10 Å². The van der Waals surface area contributed by atoms with Gasteiger partial charge in [0.2, 0.25) is 0 Å². The third-order valence-electron chi connectivity index (χ3n) is 2.93. The van der Waals surface area contributed by atoms with E-state index in [0.717, 1.165) is 5.56 Å². The molecule has 2 N–H and O–H groups in total. The molecule has 5 heteroatoms. The number of rotatable bonds is 2. The maximum absolute atomic E-state index is 12.2. The average molecular weight is 245 g/mol. The van der Waals surface area contributed by atoms with Crippen molar-refractivity contribution in [2.75, 3.05) is 19.7 Å². The lowest BCUT2D eigenvalue weighted by Gasteiger charge is -2.29. The third-order valence-corrected chi connectivity index (χ3v) is 2.93. The lowest BCUT2D eigenvalue weighted by molar-refractivity contribution is 0.00347. The number of amides is 1. The molecule has 0 aliphatic carbocycles. The van der Waals surface area contributed by atoms with Crippen LogP contribution in [-0.2, 0) is 11.3 Å². The standard InChI is InChI=1S/C13H15N3O2/c14-7-10-1-3-11(4-2-10)13(17)16-5-6-18-12(8-15)9-16/h1-4,12H,5-7,9,14H2. The molecule has 1 unspecified atom stereocenters. The molecule has 1 saturated heterocycles. The predicted molar refractivity (Wildman–Crippen MR) is 65.6 cm³/mol. The van der Waals surface area contributed by atoms with E-state index in [1.54, 1.807) is 17.0 Å². The van der Waals surface area contributed by atoms with Crippen LogP contribution >= 0.6 is 0 Å². The van der Waals surface area contributed by atoms with E-state index >= 15 is 0 Å². The summed E-state index contributed by atoms with van der Waals surface area (Å²) >= 11 is 0. The number of nitrogens with zero attached hydrogens (tertiary/aromatic N) is 2. The highest BCUT2D eigenvalue weighted by Crippen LogP contribution is 2.11. The van der Waals surface area contributed by atoms with Gasteiger partial charge in [-0.1, -0.05) is 12.1 Å². The first kappa shape index (κ1) is 12.6. The number of carbonyl (C=O) groups is 1. The van der Waals surface area contributed by atoms with Gasteiger partial charge in [0.1, 0.15) is 0 Å². The number of benzene rings is 1. The van der Waals surface area contributed by atoms with Gasteiger partial charge in [0, 0.05) is 18.7 Å². The van der Waals surface area contributed by atoms with Crippen LogP contribution in [0.4, 0.5) is 0 Å². The first-order chi connectivity index (χ1) is 8.74. The number of carbonyl (C=O) groups excluding carboxylic acids is 1. The molecule has 0 saturated carbocycles. The Bertz CT molecular complexity index is 464. The normalized spacial score (nSPS) is 19.3. The maximum atomic E-state index is 12.2. The van der Waals surface area contributed by atoms with E-state index in [2.05, 4.69) is 0 Å². The molecule has 1 aromatic rings. The summed E-state index contributed by atoms with van der Waals surface area (Å²) in [6, 6.07) is 9.24. The van der Waals surface area contributed by atoms with Gasteiger partial charge in [-0.15, -0.1) is 0 Å². The SMILES string of the molecule is N#CC1CN(C(=O)c2ccc(CN)cc2)CCO1. The molecule has 0 bridgehead atoms. The van der Waals surface area contributed by atoms with Crippen molar-refractivity contribution in [3.63, 3.8) is 0 Å². The van der Waals surface area contributed by atoms with E-state index in [1.807, 2.05) is 18.2 Å². The van der Waals surface area contributed by atoms with Gasteiger partial charge in [-0.3, -0.25) is 4.79 Å².